The van der Waals surface area contributed by atoms with Gasteiger partial charge in [-0.3, -0.25) is 14.4 Å². The van der Waals surface area contributed by atoms with Crippen LogP contribution >= 0.6 is 12.6 Å². The lowest BCUT2D eigenvalue weighted by Crippen LogP contribution is -2.40. The van der Waals surface area contributed by atoms with E-state index in [0.29, 0.717) is 0 Å². The van der Waals surface area contributed by atoms with Crippen LogP contribution in [0.2, 0.25) is 0 Å². The second kappa shape index (κ2) is 7.97. The second-order valence-electron chi connectivity index (χ2n) is 4.00. The standard InChI is InChI=1S/C11H18O6S/c1-8(12)15-4-11(7-18,5-16-9(2)13)6-17-10(3)14/h18H,4-7H2,1-3H3. The Morgan fingerprint density at radius 3 is 1.28 bits per heavy atom. The monoisotopic (exact) mass is 278 g/mol. The van der Waals surface area contributed by atoms with Crippen LogP contribution in [0.15, 0.2) is 0 Å². The van der Waals surface area contributed by atoms with Crippen molar-refractivity contribution in [3.63, 3.8) is 0 Å². The summed E-state index contributed by atoms with van der Waals surface area (Å²) in [6, 6.07) is 0. The van der Waals surface area contributed by atoms with Crippen LogP contribution in [-0.2, 0) is 28.6 Å². The van der Waals surface area contributed by atoms with E-state index in [1.54, 1.807) is 0 Å². The third-order valence-corrected chi connectivity index (χ3v) is 2.75. The molecule has 0 heterocycles. The number of carbonyl (C=O) groups excluding carboxylic acids is 3. The van der Waals surface area contributed by atoms with Gasteiger partial charge in [0, 0.05) is 26.5 Å². The van der Waals surface area contributed by atoms with E-state index in [2.05, 4.69) is 12.6 Å². The van der Waals surface area contributed by atoms with Gasteiger partial charge in [0.1, 0.15) is 19.8 Å². The van der Waals surface area contributed by atoms with Crippen LogP contribution < -0.4 is 0 Å². The molecule has 0 atom stereocenters. The van der Waals surface area contributed by atoms with Gasteiger partial charge in [0.2, 0.25) is 0 Å². The van der Waals surface area contributed by atoms with Crippen molar-refractivity contribution >= 4 is 30.5 Å². The van der Waals surface area contributed by atoms with E-state index in [0.717, 1.165) is 0 Å². The van der Waals surface area contributed by atoms with Crippen LogP contribution in [0.25, 0.3) is 0 Å². The fourth-order valence-corrected chi connectivity index (χ4v) is 1.30. The first kappa shape index (κ1) is 16.8. The van der Waals surface area contributed by atoms with Crippen molar-refractivity contribution in [3.05, 3.63) is 0 Å². The number of hydrogen-bond donors (Lipinski definition) is 1. The topological polar surface area (TPSA) is 78.9 Å². The van der Waals surface area contributed by atoms with Crippen molar-refractivity contribution in [1.82, 2.24) is 0 Å². The van der Waals surface area contributed by atoms with Crippen molar-refractivity contribution < 1.29 is 28.6 Å². The van der Waals surface area contributed by atoms with Gasteiger partial charge < -0.3 is 14.2 Å². The van der Waals surface area contributed by atoms with Crippen LogP contribution in [0.1, 0.15) is 20.8 Å². The highest BCUT2D eigenvalue weighted by molar-refractivity contribution is 7.80. The molecule has 0 aromatic rings. The average molecular weight is 278 g/mol. The van der Waals surface area contributed by atoms with Crippen LogP contribution in [0, 0.1) is 5.41 Å². The van der Waals surface area contributed by atoms with Crippen LogP contribution in [0.3, 0.4) is 0 Å². The minimum absolute atomic E-state index is 0.0353. The van der Waals surface area contributed by atoms with Crippen molar-refractivity contribution in [2.24, 2.45) is 5.41 Å². The highest BCUT2D eigenvalue weighted by atomic mass is 32.1. The molecule has 0 amide bonds. The molecule has 0 N–H and O–H groups in total. The lowest BCUT2D eigenvalue weighted by molar-refractivity contribution is -0.157. The minimum atomic E-state index is -0.827. The summed E-state index contributed by atoms with van der Waals surface area (Å²) in [5.41, 5.74) is -0.827. The smallest absolute Gasteiger partial charge is 0.302 e. The fourth-order valence-electron chi connectivity index (χ4n) is 1.03. The van der Waals surface area contributed by atoms with Crippen molar-refractivity contribution in [2.45, 2.75) is 20.8 Å². The highest BCUT2D eigenvalue weighted by Crippen LogP contribution is 2.21. The summed E-state index contributed by atoms with van der Waals surface area (Å²) in [6.07, 6.45) is 0. The molecule has 0 fully saturated rings. The molecule has 0 aromatic carbocycles. The summed E-state index contributed by atoms with van der Waals surface area (Å²) < 4.78 is 14.7. The molecule has 0 aliphatic carbocycles. The molecule has 18 heavy (non-hydrogen) atoms. The third kappa shape index (κ3) is 7.16. The summed E-state index contributed by atoms with van der Waals surface area (Å²) in [5, 5.41) is 0. The van der Waals surface area contributed by atoms with E-state index in [4.69, 9.17) is 14.2 Å². The molecule has 104 valence electrons. The Balaban J connectivity index is 4.63. The van der Waals surface area contributed by atoms with Gasteiger partial charge >= 0.3 is 17.9 Å². The second-order valence-corrected chi connectivity index (χ2v) is 4.32. The number of ether oxygens (including phenoxy) is 3. The molecular formula is C11H18O6S. The van der Waals surface area contributed by atoms with E-state index in [-0.39, 0.29) is 25.6 Å². The quantitative estimate of drug-likeness (QED) is 0.417. The van der Waals surface area contributed by atoms with Gasteiger partial charge in [-0.25, -0.2) is 0 Å². The van der Waals surface area contributed by atoms with Crippen molar-refractivity contribution in [1.29, 1.82) is 0 Å². The predicted octanol–water partition coefficient (Wildman–Crippen LogP) is 0.592. The van der Waals surface area contributed by atoms with Crippen LogP contribution in [-0.4, -0.2) is 43.5 Å². The zero-order valence-corrected chi connectivity index (χ0v) is 11.6. The highest BCUT2D eigenvalue weighted by Gasteiger charge is 2.33. The van der Waals surface area contributed by atoms with Crippen molar-refractivity contribution in [3.8, 4) is 0 Å². The first-order chi connectivity index (χ1) is 8.31. The lowest BCUT2D eigenvalue weighted by atomic mass is 9.94. The maximum Gasteiger partial charge on any atom is 0.302 e. The maximum absolute atomic E-state index is 10.8. The van der Waals surface area contributed by atoms with Gasteiger partial charge in [0.05, 0.1) is 5.41 Å². The van der Waals surface area contributed by atoms with E-state index < -0.39 is 23.3 Å². The number of esters is 3. The Morgan fingerprint density at radius 2 is 1.11 bits per heavy atom. The van der Waals surface area contributed by atoms with Gasteiger partial charge in [-0.2, -0.15) is 12.6 Å². The zero-order chi connectivity index (χ0) is 14.2. The third-order valence-electron chi connectivity index (χ3n) is 2.08. The molecule has 6 nitrogen and oxygen atoms in total. The Morgan fingerprint density at radius 1 is 0.833 bits per heavy atom. The summed E-state index contributed by atoms with van der Waals surface area (Å²) in [6.45, 7) is 3.69. The molecular weight excluding hydrogens is 260 g/mol. The van der Waals surface area contributed by atoms with Crippen LogP contribution in [0.4, 0.5) is 0 Å². The van der Waals surface area contributed by atoms with E-state index >= 15 is 0 Å². The molecule has 0 aromatic heterocycles. The molecule has 0 saturated carbocycles. The lowest BCUT2D eigenvalue weighted by Gasteiger charge is -2.29. The minimum Gasteiger partial charge on any atom is -0.465 e. The molecule has 0 rings (SSSR count). The van der Waals surface area contributed by atoms with E-state index in [1.165, 1.54) is 20.8 Å². The first-order valence-corrected chi connectivity index (χ1v) is 5.95. The van der Waals surface area contributed by atoms with Gasteiger partial charge in [-0.05, 0) is 0 Å². The summed E-state index contributed by atoms with van der Waals surface area (Å²) in [5.74, 6) is -1.16. The molecule has 0 unspecified atom stereocenters. The molecule has 0 radical (unpaired) electrons. The average Bonchev–Trinajstić information content (AvgIpc) is 2.28. The molecule has 0 aliphatic rings. The van der Waals surface area contributed by atoms with Crippen LogP contribution in [0.5, 0.6) is 0 Å². The fraction of sp³-hybridized carbons (Fsp3) is 0.727. The Labute approximate surface area is 111 Å². The van der Waals surface area contributed by atoms with Gasteiger partial charge in [-0.1, -0.05) is 0 Å². The number of hydrogen-bond acceptors (Lipinski definition) is 7. The Bertz CT molecular complexity index is 269. The van der Waals surface area contributed by atoms with Gasteiger partial charge in [0.15, 0.2) is 0 Å². The summed E-state index contributed by atoms with van der Waals surface area (Å²) in [4.78, 5) is 32.5. The molecule has 0 spiro atoms. The molecule has 0 aliphatic heterocycles. The van der Waals surface area contributed by atoms with E-state index in [9.17, 15) is 14.4 Å². The van der Waals surface area contributed by atoms with E-state index in [1.807, 2.05) is 0 Å². The molecule has 0 saturated heterocycles. The number of rotatable bonds is 7. The number of thiol groups is 1. The zero-order valence-electron chi connectivity index (χ0n) is 10.7. The maximum atomic E-state index is 10.8. The predicted molar refractivity (Wildman–Crippen MR) is 66.2 cm³/mol. The number of carbonyl (C=O) groups is 3. The largest absolute Gasteiger partial charge is 0.465 e. The van der Waals surface area contributed by atoms with Gasteiger partial charge in [-0.15, -0.1) is 0 Å². The normalized spacial score (nSPS) is 10.7. The van der Waals surface area contributed by atoms with Crippen molar-refractivity contribution in [2.75, 3.05) is 25.6 Å². The van der Waals surface area contributed by atoms with Gasteiger partial charge in [0.25, 0.3) is 0 Å². The molecule has 0 bridgehead atoms. The Hall–Kier alpha value is -1.24. The first-order valence-electron chi connectivity index (χ1n) is 5.32. The Kier molecular flexibility index (Phi) is 7.42. The molecule has 7 heteroatoms. The summed E-state index contributed by atoms with van der Waals surface area (Å²) in [7, 11) is 0. The summed E-state index contributed by atoms with van der Waals surface area (Å²) >= 11 is 4.13. The SMILES string of the molecule is CC(=O)OCC(CS)(COC(C)=O)COC(C)=O.